The quantitative estimate of drug-likeness (QED) is 0.128. The summed E-state index contributed by atoms with van der Waals surface area (Å²) in [5.41, 5.74) is 12.3. The molecule has 0 radical (unpaired) electrons. The predicted molar refractivity (Wildman–Crippen MR) is 278 cm³/mol. The third-order valence-corrected chi connectivity index (χ3v) is 13.1. The largest absolute Gasteiger partial charge is 0.454 e. The van der Waals surface area contributed by atoms with Crippen molar-refractivity contribution in [3.63, 3.8) is 0 Å². The maximum absolute atomic E-state index is 6.78. The van der Waals surface area contributed by atoms with Crippen LogP contribution in [0.3, 0.4) is 0 Å². The van der Waals surface area contributed by atoms with E-state index in [9.17, 15) is 0 Å². The molecule has 0 amide bonds. The fourth-order valence-electron chi connectivity index (χ4n) is 9.83. The average Bonchev–Trinajstić information content (AvgIpc) is 3.91. The Balaban J connectivity index is 1.22. The van der Waals surface area contributed by atoms with Gasteiger partial charge in [-0.3, -0.25) is 0 Å². The van der Waals surface area contributed by atoms with Crippen LogP contribution in [0.4, 0.5) is 34.1 Å². The van der Waals surface area contributed by atoms with E-state index in [0.29, 0.717) is 11.8 Å². The van der Waals surface area contributed by atoms with E-state index in [1.807, 2.05) is 19.1 Å². The molecule has 316 valence electrons. The lowest BCUT2D eigenvalue weighted by atomic mass is 9.93. The first kappa shape index (κ1) is 40.0. The minimum absolute atomic E-state index is 0.401. The van der Waals surface area contributed by atoms with Crippen molar-refractivity contribution < 1.29 is 8.83 Å². The third-order valence-electron chi connectivity index (χ3n) is 13.1. The summed E-state index contributed by atoms with van der Waals surface area (Å²) in [6.07, 6.45) is 5.98. The molecule has 0 N–H and O–H groups in total. The van der Waals surface area contributed by atoms with Gasteiger partial charge in [0, 0.05) is 43.9 Å². The van der Waals surface area contributed by atoms with Crippen LogP contribution in [0.1, 0.15) is 68.9 Å². The van der Waals surface area contributed by atoms with Crippen molar-refractivity contribution >= 4 is 112 Å². The molecule has 0 bridgehead atoms. The first-order valence-electron chi connectivity index (χ1n) is 22.7. The van der Waals surface area contributed by atoms with Crippen LogP contribution < -0.4 is 9.80 Å². The Hall–Kier alpha value is -7.82. The molecule has 0 saturated heterocycles. The average molecular weight is 843 g/mol. The second kappa shape index (κ2) is 16.1. The third kappa shape index (κ3) is 6.59. The molecule has 0 fully saturated rings. The van der Waals surface area contributed by atoms with Crippen molar-refractivity contribution in [3.05, 3.63) is 205 Å². The number of nitrogens with zero attached hydrogens (tertiary/aromatic N) is 2. The van der Waals surface area contributed by atoms with Crippen molar-refractivity contribution in [1.82, 2.24) is 0 Å². The molecule has 4 nitrogen and oxygen atoms in total. The Morgan fingerprint density at radius 2 is 0.877 bits per heavy atom. The van der Waals surface area contributed by atoms with Crippen molar-refractivity contribution in [2.24, 2.45) is 0 Å². The van der Waals surface area contributed by atoms with Gasteiger partial charge in [0.2, 0.25) is 0 Å². The first-order chi connectivity index (χ1) is 31.8. The zero-order chi connectivity index (χ0) is 44.3. The summed E-state index contributed by atoms with van der Waals surface area (Å²) in [5, 5.41) is 10.1. The normalized spacial score (nSPS) is 12.0. The van der Waals surface area contributed by atoms with Crippen molar-refractivity contribution in [2.75, 3.05) is 9.80 Å². The van der Waals surface area contributed by atoms with E-state index in [2.05, 4.69) is 220 Å². The van der Waals surface area contributed by atoms with Crippen LogP contribution >= 0.6 is 0 Å². The molecule has 11 rings (SSSR count). The number of fused-ring (bicyclic) bond motifs is 9. The number of hydrogen-bond donors (Lipinski definition) is 0. The lowest BCUT2D eigenvalue weighted by Crippen LogP contribution is -2.12. The van der Waals surface area contributed by atoms with Gasteiger partial charge in [-0.05, 0) is 112 Å². The lowest BCUT2D eigenvalue weighted by Gasteiger charge is -2.30. The van der Waals surface area contributed by atoms with Crippen LogP contribution in [-0.2, 0) is 0 Å². The molecule has 0 saturated carbocycles. The van der Waals surface area contributed by atoms with Gasteiger partial charge in [0.15, 0.2) is 11.2 Å². The van der Waals surface area contributed by atoms with Gasteiger partial charge in [0.05, 0.1) is 22.7 Å². The number of hydrogen-bond acceptors (Lipinski definition) is 4. The van der Waals surface area contributed by atoms with Gasteiger partial charge in [-0.15, -0.1) is 0 Å². The summed E-state index contributed by atoms with van der Waals surface area (Å²) < 4.78 is 13.5. The minimum Gasteiger partial charge on any atom is -0.454 e. The van der Waals surface area contributed by atoms with Gasteiger partial charge in [-0.2, -0.15) is 0 Å². The highest BCUT2D eigenvalue weighted by Gasteiger charge is 2.26. The molecule has 65 heavy (non-hydrogen) atoms. The maximum atomic E-state index is 6.78. The van der Waals surface area contributed by atoms with Crippen molar-refractivity contribution in [2.45, 2.75) is 46.5 Å². The smallest absolute Gasteiger partial charge is 0.159 e. The van der Waals surface area contributed by atoms with Crippen LogP contribution in [0.25, 0.3) is 77.4 Å². The van der Waals surface area contributed by atoms with Gasteiger partial charge in [-0.1, -0.05) is 162 Å². The van der Waals surface area contributed by atoms with E-state index < -0.39 is 0 Å². The molecule has 0 aliphatic rings. The molecule has 2 aromatic heterocycles. The molecule has 0 aliphatic heterocycles. The topological polar surface area (TPSA) is 32.8 Å². The molecule has 9 aromatic carbocycles. The standard InChI is InChI=1S/C61H50N2O2/c1-7-17-48-50-23-15-25-54(60(50)64-58(48)8-2)62(42-32-28-40(29-33-42)38(3)4)56-36-52-45-19-10-12-21-47(45)57(37-53(52)44-18-9-11-20-46(44)56)63(43-34-30-41(31-35-43)39(5)6)55-26-16-24-51-49-22-13-14-27-59(49)65-61(51)55/h7-39H,2H2,1,3-6H3/b17-7-. The number of benzene rings is 9. The van der Waals surface area contributed by atoms with Crippen LogP contribution in [0.2, 0.25) is 0 Å². The second-order valence-electron chi connectivity index (χ2n) is 17.6. The minimum atomic E-state index is 0.401. The predicted octanol–water partition coefficient (Wildman–Crippen LogP) is 18.7. The first-order valence-corrected chi connectivity index (χ1v) is 22.7. The van der Waals surface area contributed by atoms with E-state index in [-0.39, 0.29) is 0 Å². The van der Waals surface area contributed by atoms with Crippen molar-refractivity contribution in [1.29, 1.82) is 0 Å². The van der Waals surface area contributed by atoms with Gasteiger partial charge in [0.25, 0.3) is 0 Å². The summed E-state index contributed by atoms with van der Waals surface area (Å²) in [7, 11) is 0. The zero-order valence-corrected chi connectivity index (χ0v) is 37.5. The van der Waals surface area contributed by atoms with Crippen LogP contribution in [0.5, 0.6) is 0 Å². The fourth-order valence-corrected chi connectivity index (χ4v) is 9.83. The monoisotopic (exact) mass is 842 g/mol. The summed E-state index contributed by atoms with van der Waals surface area (Å²) in [6, 6.07) is 61.8. The number of anilines is 6. The van der Waals surface area contributed by atoms with Gasteiger partial charge < -0.3 is 18.6 Å². The summed E-state index contributed by atoms with van der Waals surface area (Å²) in [4.78, 5) is 4.79. The summed E-state index contributed by atoms with van der Waals surface area (Å²) in [5.74, 6) is 1.56. The highest BCUT2D eigenvalue weighted by molar-refractivity contribution is 6.25. The van der Waals surface area contributed by atoms with Crippen molar-refractivity contribution in [3.8, 4) is 0 Å². The summed E-state index contributed by atoms with van der Waals surface area (Å²) in [6.45, 7) is 15.1. The highest BCUT2D eigenvalue weighted by atomic mass is 16.3. The van der Waals surface area contributed by atoms with Crippen LogP contribution in [0, 0.1) is 0 Å². The Bertz CT molecular complexity index is 3640. The van der Waals surface area contributed by atoms with Gasteiger partial charge in [0.1, 0.15) is 11.3 Å². The molecule has 0 atom stereocenters. The molecule has 11 aromatic rings. The van der Waals surface area contributed by atoms with E-state index in [1.165, 1.54) is 11.1 Å². The van der Waals surface area contributed by atoms with Crippen LogP contribution in [-0.4, -0.2) is 0 Å². The van der Waals surface area contributed by atoms with E-state index in [1.54, 1.807) is 0 Å². The number of allylic oxidation sites excluding steroid dienone is 1. The SMILES string of the molecule is C=Cc1oc2c(N(c3ccc(C(C)C)cc3)c3cc4c5ccccc5c(N(c5ccc(C(C)C)cc5)c5cccc6c5oc5ccccc56)cc4c4ccccc34)cccc2c1/C=C\C. The summed E-state index contributed by atoms with van der Waals surface area (Å²) >= 11 is 0. The maximum Gasteiger partial charge on any atom is 0.159 e. The van der Waals surface area contributed by atoms with E-state index in [4.69, 9.17) is 8.83 Å². The lowest BCUT2D eigenvalue weighted by molar-refractivity contribution is 0.604. The number of para-hydroxylation sites is 3. The molecule has 0 spiro atoms. The van der Waals surface area contributed by atoms with Gasteiger partial charge in [-0.25, -0.2) is 0 Å². The Kier molecular flexibility index (Phi) is 9.88. The van der Waals surface area contributed by atoms with E-state index >= 15 is 0 Å². The molecule has 0 unspecified atom stereocenters. The molecule has 0 aliphatic carbocycles. The second-order valence-corrected chi connectivity index (χ2v) is 17.6. The zero-order valence-electron chi connectivity index (χ0n) is 37.5. The molecular formula is C61H50N2O2. The van der Waals surface area contributed by atoms with E-state index in [0.717, 1.165) is 111 Å². The molecular weight excluding hydrogens is 793 g/mol. The fraction of sp³-hybridized carbons (Fsp3) is 0.115. The molecule has 4 heteroatoms. The van der Waals surface area contributed by atoms with Gasteiger partial charge >= 0.3 is 0 Å². The van der Waals surface area contributed by atoms with Crippen LogP contribution in [0.15, 0.2) is 191 Å². The molecule has 2 heterocycles. The Labute approximate surface area is 379 Å². The number of furan rings is 2. The Morgan fingerprint density at radius 3 is 1.37 bits per heavy atom. The highest BCUT2D eigenvalue weighted by Crippen LogP contribution is 2.50. The number of rotatable bonds is 10. The Morgan fingerprint density at radius 1 is 0.431 bits per heavy atom.